The van der Waals surface area contributed by atoms with Crippen LogP contribution < -0.4 is 5.32 Å². The van der Waals surface area contributed by atoms with Gasteiger partial charge in [-0.15, -0.1) is 0 Å². The quantitative estimate of drug-likeness (QED) is 0.848. The first-order valence-corrected chi connectivity index (χ1v) is 5.01. The Hall–Kier alpha value is -2.94. The minimum absolute atomic E-state index is 0.0197. The zero-order valence-corrected chi connectivity index (χ0v) is 9.16. The second kappa shape index (κ2) is 4.93. The maximum Gasteiger partial charge on any atom is 0.338 e. The first kappa shape index (κ1) is 11.5. The molecule has 0 aliphatic carbocycles. The second-order valence-electron chi connectivity index (χ2n) is 3.42. The van der Waals surface area contributed by atoms with Crippen LogP contribution in [-0.2, 0) is 0 Å². The van der Waals surface area contributed by atoms with Crippen LogP contribution >= 0.6 is 0 Å². The van der Waals surface area contributed by atoms with Crippen LogP contribution in [0.3, 0.4) is 0 Å². The van der Waals surface area contributed by atoms with Gasteiger partial charge in [0, 0.05) is 18.1 Å². The number of nitriles is 1. The van der Waals surface area contributed by atoms with Crippen LogP contribution in [0.1, 0.15) is 15.9 Å². The molecule has 0 atom stereocenters. The van der Waals surface area contributed by atoms with E-state index in [1.807, 2.05) is 6.07 Å². The molecule has 1 aromatic heterocycles. The van der Waals surface area contributed by atoms with Crippen molar-refractivity contribution < 1.29 is 9.90 Å². The van der Waals surface area contributed by atoms with E-state index in [-0.39, 0.29) is 11.5 Å². The lowest BCUT2D eigenvalue weighted by Crippen LogP contribution is -2.02. The lowest BCUT2D eigenvalue weighted by atomic mass is 10.2. The number of nitrogens with zero attached hydrogens (tertiary/aromatic N) is 3. The van der Waals surface area contributed by atoms with Crippen LogP contribution in [0.15, 0.2) is 36.7 Å². The summed E-state index contributed by atoms with van der Waals surface area (Å²) in [6, 6.07) is 8.83. The molecule has 1 aromatic carbocycles. The van der Waals surface area contributed by atoms with Gasteiger partial charge >= 0.3 is 5.97 Å². The maximum absolute atomic E-state index is 10.6. The molecule has 0 aliphatic rings. The highest BCUT2D eigenvalue weighted by Gasteiger charge is 2.04. The normalized spacial score (nSPS) is 9.50. The summed E-state index contributed by atoms with van der Waals surface area (Å²) in [5, 5.41) is 20.3. The Balaban J connectivity index is 2.18. The van der Waals surface area contributed by atoms with Crippen molar-refractivity contribution in [2.45, 2.75) is 0 Å². The van der Waals surface area contributed by atoms with Crippen molar-refractivity contribution in [3.05, 3.63) is 47.8 Å². The van der Waals surface area contributed by atoms with Crippen molar-refractivity contribution >= 4 is 17.6 Å². The summed E-state index contributed by atoms with van der Waals surface area (Å²) in [4.78, 5) is 18.3. The van der Waals surface area contributed by atoms with Crippen LogP contribution in [0.5, 0.6) is 0 Å². The van der Waals surface area contributed by atoms with E-state index >= 15 is 0 Å². The number of aromatic carboxylic acids is 1. The number of carbonyl (C=O) groups is 1. The largest absolute Gasteiger partial charge is 0.478 e. The predicted octanol–water partition coefficient (Wildman–Crippen LogP) is 1.79. The van der Waals surface area contributed by atoms with Crippen LogP contribution in [0.4, 0.5) is 11.6 Å². The molecule has 0 saturated carbocycles. The third kappa shape index (κ3) is 2.59. The van der Waals surface area contributed by atoms with Crippen molar-refractivity contribution in [2.24, 2.45) is 0 Å². The van der Waals surface area contributed by atoms with Gasteiger partial charge in [0.1, 0.15) is 0 Å². The van der Waals surface area contributed by atoms with Gasteiger partial charge < -0.3 is 10.4 Å². The van der Waals surface area contributed by atoms with Gasteiger partial charge in [0.15, 0.2) is 0 Å². The average molecular weight is 240 g/mol. The number of hydrogen-bond donors (Lipinski definition) is 2. The molecule has 1 heterocycles. The van der Waals surface area contributed by atoms with Gasteiger partial charge in [-0.1, -0.05) is 6.07 Å². The van der Waals surface area contributed by atoms with Gasteiger partial charge in [-0.2, -0.15) is 5.26 Å². The summed E-state index contributed by atoms with van der Waals surface area (Å²) in [5.41, 5.74) is 1.20. The fraction of sp³-hybridized carbons (Fsp3) is 0. The van der Waals surface area contributed by atoms with Crippen molar-refractivity contribution in [1.29, 1.82) is 5.26 Å². The highest BCUT2D eigenvalue weighted by atomic mass is 16.4. The third-order valence-electron chi connectivity index (χ3n) is 2.15. The molecule has 0 fully saturated rings. The molecule has 6 nitrogen and oxygen atoms in total. The minimum Gasteiger partial charge on any atom is -0.478 e. The molecule has 2 aromatic rings. The Kier molecular flexibility index (Phi) is 3.16. The molecular formula is C12H8N4O2. The Morgan fingerprint density at radius 3 is 2.67 bits per heavy atom. The van der Waals surface area contributed by atoms with Crippen LogP contribution in [0.25, 0.3) is 0 Å². The molecule has 2 rings (SSSR count). The van der Waals surface area contributed by atoms with E-state index in [1.54, 1.807) is 24.3 Å². The fourth-order valence-electron chi connectivity index (χ4n) is 1.30. The van der Waals surface area contributed by atoms with Crippen LogP contribution in [-0.4, -0.2) is 21.0 Å². The summed E-state index contributed by atoms with van der Waals surface area (Å²) in [5.74, 6) is -0.803. The smallest absolute Gasteiger partial charge is 0.338 e. The topological polar surface area (TPSA) is 98.9 Å². The zero-order chi connectivity index (χ0) is 13.0. The molecule has 0 amide bonds. The summed E-state index contributed by atoms with van der Waals surface area (Å²) < 4.78 is 0. The van der Waals surface area contributed by atoms with E-state index < -0.39 is 5.97 Å². The third-order valence-corrected chi connectivity index (χ3v) is 2.15. The van der Waals surface area contributed by atoms with E-state index in [9.17, 15) is 4.79 Å². The summed E-state index contributed by atoms with van der Waals surface area (Å²) in [6.07, 6.45) is 2.43. The molecule has 0 aliphatic heterocycles. The number of benzene rings is 1. The predicted molar refractivity (Wildman–Crippen MR) is 63.4 cm³/mol. The molecule has 0 spiro atoms. The van der Waals surface area contributed by atoms with Crippen molar-refractivity contribution in [3.8, 4) is 6.07 Å². The first-order chi connectivity index (χ1) is 8.69. The molecule has 18 heavy (non-hydrogen) atoms. The number of carboxylic acids is 1. The van der Waals surface area contributed by atoms with Gasteiger partial charge in [0.25, 0.3) is 0 Å². The van der Waals surface area contributed by atoms with Crippen LogP contribution in [0.2, 0.25) is 0 Å². The standard InChI is InChI=1S/C12H8N4O2/c13-5-8-2-1-3-10(4-8)16-12-14-6-9(7-15-12)11(17)18/h1-4,6-7H,(H,17,18)(H,14,15,16). The number of hydrogen-bond acceptors (Lipinski definition) is 5. The molecule has 6 heteroatoms. The average Bonchev–Trinajstić information content (AvgIpc) is 2.39. The number of nitrogens with one attached hydrogen (secondary N) is 1. The molecular weight excluding hydrogens is 232 g/mol. The lowest BCUT2D eigenvalue weighted by molar-refractivity contribution is 0.0696. The monoisotopic (exact) mass is 240 g/mol. The second-order valence-corrected chi connectivity index (χ2v) is 3.42. The Morgan fingerprint density at radius 2 is 2.06 bits per heavy atom. The Bertz CT molecular complexity index is 617. The van der Waals surface area contributed by atoms with Crippen molar-refractivity contribution in [1.82, 2.24) is 9.97 Å². The number of carboxylic acid groups (broad SMARTS) is 1. The number of aromatic nitrogens is 2. The zero-order valence-electron chi connectivity index (χ0n) is 9.16. The number of anilines is 2. The van der Waals surface area contributed by atoms with Crippen molar-refractivity contribution in [2.75, 3.05) is 5.32 Å². The fourth-order valence-corrected chi connectivity index (χ4v) is 1.30. The SMILES string of the molecule is N#Cc1cccc(Nc2ncc(C(=O)O)cn2)c1. The molecule has 0 radical (unpaired) electrons. The van der Waals surface area contributed by atoms with Gasteiger partial charge in [0.05, 0.1) is 17.2 Å². The van der Waals surface area contributed by atoms with Crippen molar-refractivity contribution in [3.63, 3.8) is 0 Å². The molecule has 2 N–H and O–H groups in total. The van der Waals surface area contributed by atoms with Gasteiger partial charge in [-0.25, -0.2) is 14.8 Å². The summed E-state index contributed by atoms with van der Waals surface area (Å²) in [6.45, 7) is 0. The maximum atomic E-state index is 10.6. The van der Waals surface area contributed by atoms with Crippen LogP contribution in [0, 0.1) is 11.3 Å². The summed E-state index contributed by atoms with van der Waals surface area (Å²) >= 11 is 0. The van der Waals surface area contributed by atoms with E-state index in [0.717, 1.165) is 0 Å². The first-order valence-electron chi connectivity index (χ1n) is 5.01. The van der Waals surface area contributed by atoms with E-state index in [2.05, 4.69) is 15.3 Å². The molecule has 88 valence electrons. The van der Waals surface area contributed by atoms with Gasteiger partial charge in [-0.05, 0) is 18.2 Å². The minimum atomic E-state index is -1.08. The Morgan fingerprint density at radius 1 is 1.33 bits per heavy atom. The highest BCUT2D eigenvalue weighted by molar-refractivity contribution is 5.86. The summed E-state index contributed by atoms with van der Waals surface area (Å²) in [7, 11) is 0. The molecule has 0 bridgehead atoms. The van der Waals surface area contributed by atoms with Gasteiger partial charge in [-0.3, -0.25) is 0 Å². The molecule has 0 unspecified atom stereocenters. The van der Waals surface area contributed by atoms with E-state index in [4.69, 9.17) is 10.4 Å². The highest BCUT2D eigenvalue weighted by Crippen LogP contribution is 2.14. The Labute approximate surface area is 103 Å². The lowest BCUT2D eigenvalue weighted by Gasteiger charge is -2.04. The molecule has 0 saturated heterocycles. The number of rotatable bonds is 3. The van der Waals surface area contributed by atoms with E-state index in [1.165, 1.54) is 12.4 Å². The van der Waals surface area contributed by atoms with Gasteiger partial charge in [0.2, 0.25) is 5.95 Å². The van der Waals surface area contributed by atoms with E-state index in [0.29, 0.717) is 11.3 Å².